The molecule has 1 aliphatic rings. The first kappa shape index (κ1) is 19.9. The molecule has 1 saturated heterocycles. The van der Waals surface area contributed by atoms with Crippen LogP contribution in [-0.4, -0.2) is 48.9 Å². The van der Waals surface area contributed by atoms with Crippen molar-refractivity contribution < 1.29 is 19.1 Å². The fourth-order valence-electron chi connectivity index (χ4n) is 2.85. The van der Waals surface area contributed by atoms with Crippen LogP contribution in [0.5, 0.6) is 0 Å². The van der Waals surface area contributed by atoms with Crippen molar-refractivity contribution in [2.45, 2.75) is 6.10 Å². The lowest BCUT2D eigenvalue weighted by atomic mass is 10.1. The highest BCUT2D eigenvalue weighted by molar-refractivity contribution is 6.40. The van der Waals surface area contributed by atoms with Crippen molar-refractivity contribution in [1.82, 2.24) is 10.2 Å². The number of morpholine rings is 1. The van der Waals surface area contributed by atoms with E-state index in [1.807, 2.05) is 30.3 Å². The Morgan fingerprint density at radius 3 is 2.61 bits per heavy atom. The summed E-state index contributed by atoms with van der Waals surface area (Å²) in [5.41, 5.74) is 1.39. The highest BCUT2D eigenvalue weighted by Crippen LogP contribution is 2.21. The van der Waals surface area contributed by atoms with Crippen molar-refractivity contribution in [3.05, 3.63) is 65.2 Å². The predicted octanol–water partition coefficient (Wildman–Crippen LogP) is 1.99. The summed E-state index contributed by atoms with van der Waals surface area (Å²) in [5, 5.41) is 5.23. The molecule has 2 N–H and O–H groups in total. The zero-order valence-electron chi connectivity index (χ0n) is 15.1. The largest absolute Gasteiger partial charge is 0.370 e. The number of anilines is 1. The van der Waals surface area contributed by atoms with Crippen molar-refractivity contribution in [2.75, 3.05) is 31.6 Å². The van der Waals surface area contributed by atoms with Crippen LogP contribution in [0.15, 0.2) is 54.6 Å². The van der Waals surface area contributed by atoms with Gasteiger partial charge < -0.3 is 20.3 Å². The summed E-state index contributed by atoms with van der Waals surface area (Å²) in [5.74, 6) is -2.02. The zero-order chi connectivity index (χ0) is 19.9. The van der Waals surface area contributed by atoms with Crippen LogP contribution >= 0.6 is 11.6 Å². The zero-order valence-corrected chi connectivity index (χ0v) is 15.8. The summed E-state index contributed by atoms with van der Waals surface area (Å²) in [7, 11) is 0. The Morgan fingerprint density at radius 1 is 1.07 bits per heavy atom. The number of benzene rings is 2. The van der Waals surface area contributed by atoms with Gasteiger partial charge in [0.1, 0.15) is 6.10 Å². The van der Waals surface area contributed by atoms with Crippen LogP contribution in [0.4, 0.5) is 5.69 Å². The normalized spacial score (nSPS) is 16.3. The molecular weight excluding hydrogens is 382 g/mol. The van der Waals surface area contributed by atoms with E-state index in [4.69, 9.17) is 16.3 Å². The van der Waals surface area contributed by atoms with Gasteiger partial charge in [0.05, 0.1) is 19.7 Å². The van der Waals surface area contributed by atoms with Gasteiger partial charge in [-0.15, -0.1) is 0 Å². The van der Waals surface area contributed by atoms with E-state index in [0.717, 1.165) is 5.56 Å². The van der Waals surface area contributed by atoms with E-state index in [1.165, 1.54) is 6.07 Å². The van der Waals surface area contributed by atoms with E-state index in [1.54, 1.807) is 23.1 Å². The molecule has 146 valence electrons. The first-order valence-electron chi connectivity index (χ1n) is 8.82. The van der Waals surface area contributed by atoms with Crippen molar-refractivity contribution in [1.29, 1.82) is 0 Å². The van der Waals surface area contributed by atoms with Crippen molar-refractivity contribution in [2.24, 2.45) is 0 Å². The molecule has 2 aromatic carbocycles. The number of rotatable bonds is 4. The Kier molecular flexibility index (Phi) is 6.62. The second-order valence-corrected chi connectivity index (χ2v) is 6.69. The maximum atomic E-state index is 12.4. The van der Waals surface area contributed by atoms with Crippen LogP contribution in [0.1, 0.15) is 11.7 Å². The Balaban J connectivity index is 1.49. The van der Waals surface area contributed by atoms with Gasteiger partial charge in [-0.25, -0.2) is 0 Å². The lowest BCUT2D eigenvalue weighted by molar-refractivity contribution is -0.141. The monoisotopic (exact) mass is 401 g/mol. The molecule has 1 fully saturated rings. The lowest BCUT2D eigenvalue weighted by Crippen LogP contribution is -2.48. The van der Waals surface area contributed by atoms with E-state index < -0.39 is 11.8 Å². The molecule has 1 heterocycles. The maximum absolute atomic E-state index is 12.4. The minimum Gasteiger partial charge on any atom is -0.370 e. The quantitative estimate of drug-likeness (QED) is 0.767. The van der Waals surface area contributed by atoms with Gasteiger partial charge >= 0.3 is 11.8 Å². The van der Waals surface area contributed by atoms with Crippen LogP contribution < -0.4 is 10.6 Å². The Morgan fingerprint density at radius 2 is 1.86 bits per heavy atom. The summed E-state index contributed by atoms with van der Waals surface area (Å²) in [4.78, 5) is 37.9. The number of nitrogens with one attached hydrogen (secondary N) is 2. The predicted molar refractivity (Wildman–Crippen MR) is 105 cm³/mol. The number of carbonyl (C=O) groups is 3. The van der Waals surface area contributed by atoms with Crippen LogP contribution in [0.25, 0.3) is 0 Å². The van der Waals surface area contributed by atoms with Gasteiger partial charge in [0.15, 0.2) is 0 Å². The minimum absolute atomic E-state index is 0.208. The molecule has 0 bridgehead atoms. The summed E-state index contributed by atoms with van der Waals surface area (Å²) in [6.45, 7) is 0.984. The molecule has 3 rings (SSSR count). The van der Waals surface area contributed by atoms with Crippen LogP contribution in [0.3, 0.4) is 0 Å². The maximum Gasteiger partial charge on any atom is 0.313 e. The molecule has 0 saturated carbocycles. The average molecular weight is 402 g/mol. The van der Waals surface area contributed by atoms with Gasteiger partial charge in [-0.1, -0.05) is 48.0 Å². The Labute approximate surface area is 167 Å². The molecule has 3 amide bonds. The second-order valence-electron chi connectivity index (χ2n) is 6.26. The highest BCUT2D eigenvalue weighted by Gasteiger charge is 2.26. The first-order chi connectivity index (χ1) is 13.5. The highest BCUT2D eigenvalue weighted by atomic mass is 35.5. The van der Waals surface area contributed by atoms with E-state index in [9.17, 15) is 14.4 Å². The fourth-order valence-corrected chi connectivity index (χ4v) is 3.04. The number of halogens is 1. The summed E-state index contributed by atoms with van der Waals surface area (Å²) in [6, 6.07) is 16.1. The van der Waals surface area contributed by atoms with Gasteiger partial charge in [-0.2, -0.15) is 0 Å². The van der Waals surface area contributed by atoms with E-state index in [0.29, 0.717) is 30.4 Å². The fraction of sp³-hybridized carbons (Fsp3) is 0.250. The topological polar surface area (TPSA) is 87.7 Å². The van der Waals surface area contributed by atoms with Gasteiger partial charge in [0.2, 0.25) is 5.91 Å². The molecule has 1 aliphatic heterocycles. The molecule has 1 unspecified atom stereocenters. The van der Waals surface area contributed by atoms with Crippen LogP contribution in [-0.2, 0) is 19.1 Å². The van der Waals surface area contributed by atoms with Gasteiger partial charge in [-0.3, -0.25) is 14.4 Å². The van der Waals surface area contributed by atoms with Crippen LogP contribution in [0, 0.1) is 0 Å². The van der Waals surface area contributed by atoms with E-state index >= 15 is 0 Å². The molecule has 0 aromatic heterocycles. The molecule has 8 heteroatoms. The molecule has 28 heavy (non-hydrogen) atoms. The summed E-state index contributed by atoms with van der Waals surface area (Å²) < 4.78 is 5.73. The Bertz CT molecular complexity index is 860. The average Bonchev–Trinajstić information content (AvgIpc) is 2.72. The molecule has 1 atom stereocenters. The summed E-state index contributed by atoms with van der Waals surface area (Å²) in [6.07, 6.45) is -0.208. The van der Waals surface area contributed by atoms with Gasteiger partial charge in [0.25, 0.3) is 0 Å². The minimum atomic E-state index is -0.888. The number of nitrogens with zero attached hydrogens (tertiary/aromatic N) is 1. The molecule has 0 spiro atoms. The first-order valence-corrected chi connectivity index (χ1v) is 9.20. The van der Waals surface area contributed by atoms with Crippen molar-refractivity contribution >= 4 is 35.0 Å². The molecule has 0 radical (unpaired) electrons. The smallest absolute Gasteiger partial charge is 0.313 e. The third-order valence-corrected chi connectivity index (χ3v) is 4.51. The third-order valence-electron chi connectivity index (χ3n) is 4.28. The molecule has 0 aliphatic carbocycles. The third kappa shape index (κ3) is 5.31. The number of ether oxygens (including phenoxy) is 1. The molecule has 7 nitrogen and oxygen atoms in total. The van der Waals surface area contributed by atoms with Crippen molar-refractivity contribution in [3.8, 4) is 0 Å². The molecular formula is C20H20ClN3O4. The standard InChI is InChI=1S/C20H20ClN3O4/c21-15-7-4-8-16(11-15)23-20(27)19(26)22-12-18(25)24-9-10-28-17(13-24)14-5-2-1-3-6-14/h1-8,11,17H,9-10,12-13H2,(H,22,26)(H,23,27). The number of amides is 3. The number of carbonyl (C=O) groups excluding carboxylic acids is 3. The van der Waals surface area contributed by atoms with Gasteiger partial charge in [-0.05, 0) is 23.8 Å². The second kappa shape index (κ2) is 9.34. The van der Waals surface area contributed by atoms with E-state index in [2.05, 4.69) is 10.6 Å². The SMILES string of the molecule is O=C(NCC(=O)N1CCOC(c2ccccc2)C1)C(=O)Nc1cccc(Cl)c1. The Hall–Kier alpha value is -2.90. The lowest BCUT2D eigenvalue weighted by Gasteiger charge is -2.33. The van der Waals surface area contributed by atoms with Crippen LogP contribution in [0.2, 0.25) is 5.02 Å². The molecule has 2 aromatic rings. The summed E-state index contributed by atoms with van der Waals surface area (Å²) >= 11 is 5.84. The van der Waals surface area contributed by atoms with Gasteiger partial charge in [0, 0.05) is 17.3 Å². The number of hydrogen-bond acceptors (Lipinski definition) is 4. The number of hydrogen-bond donors (Lipinski definition) is 2. The van der Waals surface area contributed by atoms with Crippen molar-refractivity contribution in [3.63, 3.8) is 0 Å². The van der Waals surface area contributed by atoms with E-state index in [-0.39, 0.29) is 18.6 Å².